The molecule has 0 saturated carbocycles. The summed E-state index contributed by atoms with van der Waals surface area (Å²) in [6.45, 7) is 1.52. The van der Waals surface area contributed by atoms with Crippen molar-refractivity contribution in [1.29, 1.82) is 0 Å². The van der Waals surface area contributed by atoms with Crippen LogP contribution >= 0.6 is 11.6 Å². The van der Waals surface area contributed by atoms with Gasteiger partial charge in [-0.1, -0.05) is 11.6 Å². The lowest BCUT2D eigenvalue weighted by Gasteiger charge is -2.11. The van der Waals surface area contributed by atoms with Crippen LogP contribution in [-0.4, -0.2) is 23.8 Å². The summed E-state index contributed by atoms with van der Waals surface area (Å²) in [5, 5.41) is 6.42. The zero-order chi connectivity index (χ0) is 20.1. The molecule has 0 spiro atoms. The fourth-order valence-corrected chi connectivity index (χ4v) is 2.73. The fourth-order valence-electron chi connectivity index (χ4n) is 2.56. The Balaban J connectivity index is 1.76. The highest BCUT2D eigenvalue weighted by Crippen LogP contribution is 2.28. The minimum atomic E-state index is -0.344. The molecule has 0 saturated heterocycles. The van der Waals surface area contributed by atoms with Crippen LogP contribution in [0.4, 0.5) is 17.1 Å². The van der Waals surface area contributed by atoms with Gasteiger partial charge in [0.05, 0.1) is 30.2 Å². The molecule has 6 nitrogen and oxygen atoms in total. The number of nitrogens with zero attached hydrogens (tertiary/aromatic N) is 1. The summed E-state index contributed by atoms with van der Waals surface area (Å²) in [7, 11) is 1.52. The normalized spacial score (nSPS) is 10.2. The molecule has 0 atom stereocenters. The molecular weight excluding hydrogens is 378 g/mol. The van der Waals surface area contributed by atoms with E-state index in [0.29, 0.717) is 33.3 Å². The van der Waals surface area contributed by atoms with E-state index in [2.05, 4.69) is 15.6 Å². The number of ketones is 1. The largest absolute Gasteiger partial charge is 0.495 e. The lowest BCUT2D eigenvalue weighted by molar-refractivity contribution is 0.101. The SMILES string of the molecule is COc1ccc(Cl)cc1NC(=O)c1cncc(Nc2ccc(C(C)=O)cc2)c1. The Kier molecular flexibility index (Phi) is 5.91. The molecule has 0 aliphatic rings. The first-order chi connectivity index (χ1) is 13.5. The summed E-state index contributed by atoms with van der Waals surface area (Å²) < 4.78 is 5.24. The number of pyridine rings is 1. The number of hydrogen-bond donors (Lipinski definition) is 2. The number of anilines is 3. The second kappa shape index (κ2) is 8.54. The Hall–Kier alpha value is -3.38. The van der Waals surface area contributed by atoms with E-state index in [0.717, 1.165) is 5.69 Å². The topological polar surface area (TPSA) is 80.3 Å². The van der Waals surface area contributed by atoms with E-state index in [1.54, 1.807) is 54.7 Å². The molecule has 2 aromatic carbocycles. The van der Waals surface area contributed by atoms with Gasteiger partial charge in [-0.2, -0.15) is 0 Å². The van der Waals surface area contributed by atoms with Crippen molar-refractivity contribution in [2.24, 2.45) is 0 Å². The zero-order valence-electron chi connectivity index (χ0n) is 15.3. The Bertz CT molecular complexity index is 1020. The van der Waals surface area contributed by atoms with Crippen LogP contribution in [0.2, 0.25) is 5.02 Å². The van der Waals surface area contributed by atoms with E-state index < -0.39 is 0 Å². The molecule has 0 bridgehead atoms. The van der Waals surface area contributed by atoms with Crippen LogP contribution in [0.3, 0.4) is 0 Å². The Morgan fingerprint density at radius 2 is 1.71 bits per heavy atom. The number of benzene rings is 2. The number of carbonyl (C=O) groups excluding carboxylic acids is 2. The summed E-state index contributed by atoms with van der Waals surface area (Å²) in [6, 6.07) is 13.7. The lowest BCUT2D eigenvalue weighted by atomic mass is 10.1. The molecule has 1 aromatic heterocycles. The van der Waals surface area contributed by atoms with Gasteiger partial charge in [0.15, 0.2) is 5.78 Å². The number of aromatic nitrogens is 1. The molecule has 3 rings (SSSR count). The number of hydrogen-bond acceptors (Lipinski definition) is 5. The van der Waals surface area contributed by atoms with Crippen LogP contribution in [0.1, 0.15) is 27.6 Å². The third-order valence-electron chi connectivity index (χ3n) is 3.99. The number of ether oxygens (including phenoxy) is 1. The first-order valence-corrected chi connectivity index (χ1v) is 8.82. The van der Waals surface area contributed by atoms with Gasteiger partial charge < -0.3 is 15.4 Å². The Morgan fingerprint density at radius 3 is 2.39 bits per heavy atom. The van der Waals surface area contributed by atoms with Crippen LogP contribution in [0, 0.1) is 0 Å². The first kappa shape index (κ1) is 19.4. The van der Waals surface area contributed by atoms with Crippen molar-refractivity contribution < 1.29 is 14.3 Å². The number of Topliss-reactive ketones (excluding diaryl/α,β-unsaturated/α-hetero) is 1. The molecule has 0 fully saturated rings. The molecule has 2 N–H and O–H groups in total. The van der Waals surface area contributed by atoms with Crippen LogP contribution < -0.4 is 15.4 Å². The number of halogens is 1. The van der Waals surface area contributed by atoms with Crippen LogP contribution in [0.25, 0.3) is 0 Å². The zero-order valence-corrected chi connectivity index (χ0v) is 16.1. The molecule has 142 valence electrons. The molecule has 1 heterocycles. The highest BCUT2D eigenvalue weighted by Gasteiger charge is 2.12. The minimum absolute atomic E-state index is 0.00308. The van der Waals surface area contributed by atoms with Crippen molar-refractivity contribution in [3.8, 4) is 5.75 Å². The van der Waals surface area contributed by atoms with Gasteiger partial charge in [-0.3, -0.25) is 14.6 Å². The predicted molar refractivity (Wildman–Crippen MR) is 110 cm³/mol. The lowest BCUT2D eigenvalue weighted by Crippen LogP contribution is -2.13. The molecular formula is C21H18ClN3O3. The van der Waals surface area contributed by atoms with Crippen LogP contribution in [0.15, 0.2) is 60.9 Å². The third kappa shape index (κ3) is 4.66. The van der Waals surface area contributed by atoms with E-state index in [4.69, 9.17) is 16.3 Å². The van der Waals surface area contributed by atoms with Gasteiger partial charge in [0.1, 0.15) is 5.75 Å². The van der Waals surface area contributed by atoms with E-state index in [-0.39, 0.29) is 11.7 Å². The van der Waals surface area contributed by atoms with Crippen LogP contribution in [-0.2, 0) is 0 Å². The highest BCUT2D eigenvalue weighted by molar-refractivity contribution is 6.31. The highest BCUT2D eigenvalue weighted by atomic mass is 35.5. The average Bonchev–Trinajstić information content (AvgIpc) is 2.69. The molecule has 7 heteroatoms. The fraction of sp³-hybridized carbons (Fsp3) is 0.0952. The molecule has 0 radical (unpaired) electrons. The maximum absolute atomic E-state index is 12.6. The van der Waals surface area contributed by atoms with Crippen molar-refractivity contribution >= 4 is 40.4 Å². The molecule has 0 unspecified atom stereocenters. The minimum Gasteiger partial charge on any atom is -0.495 e. The predicted octanol–water partition coefficient (Wildman–Crippen LogP) is 4.94. The van der Waals surface area contributed by atoms with Gasteiger partial charge in [0.2, 0.25) is 0 Å². The van der Waals surface area contributed by atoms with E-state index in [1.807, 2.05) is 0 Å². The van der Waals surface area contributed by atoms with Gasteiger partial charge in [0, 0.05) is 22.5 Å². The quantitative estimate of drug-likeness (QED) is 0.577. The molecule has 3 aromatic rings. The number of carbonyl (C=O) groups is 2. The third-order valence-corrected chi connectivity index (χ3v) is 4.23. The summed E-state index contributed by atoms with van der Waals surface area (Å²) in [6.07, 6.45) is 3.08. The summed E-state index contributed by atoms with van der Waals surface area (Å²) >= 11 is 6.00. The standard InChI is InChI=1S/C21H18ClN3O3/c1-13(26)14-3-6-17(7-4-14)24-18-9-15(11-23-12-18)21(27)25-19-10-16(22)5-8-20(19)28-2/h3-12,24H,1-2H3,(H,25,27). The first-order valence-electron chi connectivity index (χ1n) is 8.44. The van der Waals surface area contributed by atoms with Gasteiger partial charge >= 0.3 is 0 Å². The molecule has 0 aliphatic carbocycles. The average molecular weight is 396 g/mol. The second-order valence-electron chi connectivity index (χ2n) is 6.02. The summed E-state index contributed by atoms with van der Waals surface area (Å²) in [4.78, 5) is 28.1. The van der Waals surface area contributed by atoms with Crippen molar-refractivity contribution in [2.45, 2.75) is 6.92 Å². The number of methoxy groups -OCH3 is 1. The van der Waals surface area contributed by atoms with Gasteiger partial charge in [-0.15, -0.1) is 0 Å². The van der Waals surface area contributed by atoms with Gasteiger partial charge in [0.25, 0.3) is 5.91 Å². The number of rotatable bonds is 6. The van der Waals surface area contributed by atoms with Crippen molar-refractivity contribution in [1.82, 2.24) is 4.98 Å². The van der Waals surface area contributed by atoms with E-state index in [9.17, 15) is 9.59 Å². The maximum atomic E-state index is 12.6. The molecule has 0 aliphatic heterocycles. The van der Waals surface area contributed by atoms with Crippen molar-refractivity contribution in [3.63, 3.8) is 0 Å². The number of nitrogens with one attached hydrogen (secondary N) is 2. The van der Waals surface area contributed by atoms with Crippen molar-refractivity contribution in [2.75, 3.05) is 17.7 Å². The van der Waals surface area contributed by atoms with E-state index >= 15 is 0 Å². The summed E-state index contributed by atoms with van der Waals surface area (Å²) in [5.41, 5.74) is 2.89. The van der Waals surface area contributed by atoms with E-state index in [1.165, 1.54) is 20.2 Å². The molecule has 28 heavy (non-hydrogen) atoms. The van der Waals surface area contributed by atoms with Gasteiger partial charge in [-0.05, 0) is 55.5 Å². The Labute approximate surface area is 167 Å². The Morgan fingerprint density at radius 1 is 0.964 bits per heavy atom. The van der Waals surface area contributed by atoms with Crippen molar-refractivity contribution in [3.05, 3.63) is 77.1 Å². The monoisotopic (exact) mass is 395 g/mol. The van der Waals surface area contributed by atoms with Crippen LogP contribution in [0.5, 0.6) is 5.75 Å². The summed E-state index contributed by atoms with van der Waals surface area (Å²) in [5.74, 6) is 0.164. The number of amides is 1. The molecule has 1 amide bonds. The smallest absolute Gasteiger partial charge is 0.257 e. The second-order valence-corrected chi connectivity index (χ2v) is 6.46. The van der Waals surface area contributed by atoms with Gasteiger partial charge in [-0.25, -0.2) is 0 Å². The maximum Gasteiger partial charge on any atom is 0.257 e.